The summed E-state index contributed by atoms with van der Waals surface area (Å²) in [6, 6.07) is 25.0. The van der Waals surface area contributed by atoms with Crippen LogP contribution in [0.25, 0.3) is 22.4 Å². The molecule has 0 spiro atoms. The summed E-state index contributed by atoms with van der Waals surface area (Å²) in [4.78, 5) is 26.4. The molecular weight excluding hydrogens is 599 g/mol. The third-order valence-electron chi connectivity index (χ3n) is 7.77. The van der Waals surface area contributed by atoms with Gasteiger partial charge in [-0.25, -0.2) is 4.39 Å². The lowest BCUT2D eigenvalue weighted by Crippen LogP contribution is -2.32. The van der Waals surface area contributed by atoms with Gasteiger partial charge in [-0.2, -0.15) is 0 Å². The van der Waals surface area contributed by atoms with E-state index in [0.717, 1.165) is 17.0 Å². The monoisotopic (exact) mass is 644 g/mol. The number of halogens is 1. The van der Waals surface area contributed by atoms with Crippen LogP contribution in [0, 0.1) is 5.82 Å². The molecular formula is C37H45FN4O5. The number of anilines is 1. The zero-order valence-corrected chi connectivity index (χ0v) is 27.0. The van der Waals surface area contributed by atoms with E-state index in [0.29, 0.717) is 55.2 Å². The second-order valence-corrected chi connectivity index (χ2v) is 11.8. The van der Waals surface area contributed by atoms with Crippen LogP contribution in [0.15, 0.2) is 84.9 Å². The van der Waals surface area contributed by atoms with E-state index in [-0.39, 0.29) is 42.8 Å². The van der Waals surface area contributed by atoms with Gasteiger partial charge in [0.2, 0.25) is 5.91 Å². The van der Waals surface area contributed by atoms with E-state index < -0.39 is 12.2 Å². The Bertz CT molecular complexity index is 1580. The smallest absolute Gasteiger partial charge is 0.258 e. The summed E-state index contributed by atoms with van der Waals surface area (Å²) >= 11 is 0. The normalized spacial score (nSPS) is 12.6. The molecule has 2 atom stereocenters. The standard InChI is InChI=1S/C37H45FN4O5/c1-25(2)35-34(37(46)41-29-11-7-4-8-12-29)33(26-9-5-3-6-10-26)36(27-13-15-28(38)16-14-27)42(35)20-17-30(43)23-31(44)24-32(45)40-19-22-47-21-18-39/h3-16,25,30-31,43-44H,17-24,39H2,1-2H3,(H,40,45)(H,41,46). The van der Waals surface area contributed by atoms with Crippen LogP contribution in [0.5, 0.6) is 0 Å². The van der Waals surface area contributed by atoms with Crippen molar-refractivity contribution in [3.05, 3.63) is 102 Å². The lowest BCUT2D eigenvalue weighted by molar-refractivity contribution is -0.123. The molecule has 0 fully saturated rings. The number of carbonyl (C=O) groups excluding carboxylic acids is 2. The number of aromatic nitrogens is 1. The van der Waals surface area contributed by atoms with Crippen LogP contribution in [0.2, 0.25) is 0 Å². The van der Waals surface area contributed by atoms with Crippen LogP contribution >= 0.6 is 0 Å². The molecule has 250 valence electrons. The van der Waals surface area contributed by atoms with Crippen LogP contribution in [-0.4, -0.2) is 65.1 Å². The predicted molar refractivity (Wildman–Crippen MR) is 182 cm³/mol. The van der Waals surface area contributed by atoms with Crippen molar-refractivity contribution in [1.29, 1.82) is 0 Å². The SMILES string of the molecule is CC(C)c1c(C(=O)Nc2ccccc2)c(-c2ccccc2)c(-c2ccc(F)cc2)n1CCC(O)CC(O)CC(=O)NCCOCCN. The van der Waals surface area contributed by atoms with E-state index in [1.807, 2.05) is 79.1 Å². The Hall–Kier alpha value is -4.35. The average Bonchev–Trinajstić information content (AvgIpc) is 3.40. The number of amides is 2. The molecule has 47 heavy (non-hydrogen) atoms. The van der Waals surface area contributed by atoms with Crippen LogP contribution in [0.3, 0.4) is 0 Å². The van der Waals surface area contributed by atoms with Gasteiger partial charge in [-0.15, -0.1) is 0 Å². The van der Waals surface area contributed by atoms with E-state index in [1.54, 1.807) is 12.1 Å². The maximum Gasteiger partial charge on any atom is 0.258 e. The summed E-state index contributed by atoms with van der Waals surface area (Å²) < 4.78 is 21.4. The van der Waals surface area contributed by atoms with Gasteiger partial charge in [-0.05, 0) is 66.3 Å². The number of aliphatic hydroxyl groups is 2. The largest absolute Gasteiger partial charge is 0.393 e. The zero-order valence-electron chi connectivity index (χ0n) is 27.0. The van der Waals surface area contributed by atoms with Gasteiger partial charge in [0.25, 0.3) is 5.91 Å². The third kappa shape index (κ3) is 9.82. The second kappa shape index (κ2) is 17.5. The minimum absolute atomic E-state index is 0.00581. The summed E-state index contributed by atoms with van der Waals surface area (Å²) in [5.41, 5.74) is 10.3. The molecule has 0 aliphatic rings. The lowest BCUT2D eigenvalue weighted by atomic mass is 9.94. The lowest BCUT2D eigenvalue weighted by Gasteiger charge is -2.20. The fourth-order valence-electron chi connectivity index (χ4n) is 5.74. The van der Waals surface area contributed by atoms with Gasteiger partial charge in [0.1, 0.15) is 5.82 Å². The molecule has 0 bridgehead atoms. The van der Waals surface area contributed by atoms with Crippen LogP contribution in [0.4, 0.5) is 10.1 Å². The zero-order chi connectivity index (χ0) is 33.8. The number of aliphatic hydroxyl groups excluding tert-OH is 2. The van der Waals surface area contributed by atoms with Gasteiger partial charge >= 0.3 is 0 Å². The Morgan fingerprint density at radius 3 is 2.19 bits per heavy atom. The Morgan fingerprint density at radius 1 is 0.894 bits per heavy atom. The number of nitrogens with one attached hydrogen (secondary N) is 2. The third-order valence-corrected chi connectivity index (χ3v) is 7.77. The van der Waals surface area contributed by atoms with Crippen LogP contribution in [-0.2, 0) is 16.1 Å². The van der Waals surface area contributed by atoms with Gasteiger partial charge in [-0.1, -0.05) is 62.4 Å². The van der Waals surface area contributed by atoms with E-state index in [1.165, 1.54) is 12.1 Å². The van der Waals surface area contributed by atoms with Crippen molar-refractivity contribution >= 4 is 17.5 Å². The molecule has 2 amide bonds. The minimum atomic E-state index is -1.05. The molecule has 3 aromatic carbocycles. The number of hydrogen-bond donors (Lipinski definition) is 5. The maximum absolute atomic E-state index is 14.2. The summed E-state index contributed by atoms with van der Waals surface area (Å²) in [7, 11) is 0. The fraction of sp³-hybridized carbons (Fsp3) is 0.351. The maximum atomic E-state index is 14.2. The molecule has 6 N–H and O–H groups in total. The first-order valence-electron chi connectivity index (χ1n) is 16.0. The number of ether oxygens (including phenoxy) is 1. The second-order valence-electron chi connectivity index (χ2n) is 11.8. The Kier molecular flexibility index (Phi) is 13.2. The van der Waals surface area contributed by atoms with Crippen molar-refractivity contribution in [3.63, 3.8) is 0 Å². The van der Waals surface area contributed by atoms with Crippen molar-refractivity contribution < 1.29 is 28.9 Å². The first-order valence-corrected chi connectivity index (χ1v) is 16.0. The quantitative estimate of drug-likeness (QED) is 0.0987. The highest BCUT2D eigenvalue weighted by molar-refractivity contribution is 6.12. The molecule has 10 heteroatoms. The Morgan fingerprint density at radius 2 is 1.55 bits per heavy atom. The first kappa shape index (κ1) is 35.5. The molecule has 2 unspecified atom stereocenters. The van der Waals surface area contributed by atoms with Crippen molar-refractivity contribution in [1.82, 2.24) is 9.88 Å². The van der Waals surface area contributed by atoms with Gasteiger partial charge in [0.15, 0.2) is 0 Å². The van der Waals surface area contributed by atoms with E-state index in [2.05, 4.69) is 10.6 Å². The van der Waals surface area contributed by atoms with Gasteiger partial charge < -0.3 is 35.9 Å². The number of nitrogens with two attached hydrogens (primary N) is 1. The fourth-order valence-corrected chi connectivity index (χ4v) is 5.74. The molecule has 4 rings (SSSR count). The highest BCUT2D eigenvalue weighted by Crippen LogP contribution is 2.42. The molecule has 1 heterocycles. The van der Waals surface area contributed by atoms with Crippen LogP contribution in [0.1, 0.15) is 55.1 Å². The van der Waals surface area contributed by atoms with E-state index in [9.17, 15) is 24.2 Å². The highest BCUT2D eigenvalue weighted by atomic mass is 19.1. The van der Waals surface area contributed by atoms with E-state index >= 15 is 0 Å². The number of benzene rings is 3. The molecule has 0 aliphatic heterocycles. The molecule has 9 nitrogen and oxygen atoms in total. The number of carbonyl (C=O) groups is 2. The molecule has 0 radical (unpaired) electrons. The van der Waals surface area contributed by atoms with Crippen molar-refractivity contribution in [2.75, 3.05) is 31.6 Å². The average molecular weight is 645 g/mol. The number of nitrogens with zero attached hydrogens (tertiary/aromatic N) is 1. The molecule has 1 aromatic heterocycles. The summed E-state index contributed by atoms with van der Waals surface area (Å²) in [6.45, 7) is 5.74. The number of rotatable bonds is 17. The molecule has 0 aliphatic carbocycles. The van der Waals surface area contributed by atoms with Crippen molar-refractivity contribution in [2.45, 2.75) is 57.8 Å². The van der Waals surface area contributed by atoms with Crippen LogP contribution < -0.4 is 16.4 Å². The Labute approximate surface area is 275 Å². The number of para-hydroxylation sites is 1. The van der Waals surface area contributed by atoms with Gasteiger partial charge in [-0.3, -0.25) is 9.59 Å². The summed E-state index contributed by atoms with van der Waals surface area (Å²) in [5.74, 6) is -1.11. The van der Waals surface area contributed by atoms with Gasteiger partial charge in [0.05, 0.1) is 43.1 Å². The van der Waals surface area contributed by atoms with Crippen molar-refractivity contribution in [2.24, 2.45) is 5.73 Å². The van der Waals surface area contributed by atoms with E-state index in [4.69, 9.17) is 10.5 Å². The molecule has 0 saturated heterocycles. The predicted octanol–water partition coefficient (Wildman–Crippen LogP) is 5.32. The van der Waals surface area contributed by atoms with Gasteiger partial charge in [0, 0.05) is 36.6 Å². The Balaban J connectivity index is 1.67. The summed E-state index contributed by atoms with van der Waals surface area (Å²) in [6.07, 6.45) is -1.91. The topological polar surface area (TPSA) is 139 Å². The number of hydrogen-bond acceptors (Lipinski definition) is 6. The first-order chi connectivity index (χ1) is 22.7. The summed E-state index contributed by atoms with van der Waals surface area (Å²) in [5, 5.41) is 27.3. The highest BCUT2D eigenvalue weighted by Gasteiger charge is 2.31. The minimum Gasteiger partial charge on any atom is -0.393 e. The molecule has 4 aromatic rings. The van der Waals surface area contributed by atoms with Crippen molar-refractivity contribution in [3.8, 4) is 22.4 Å². The molecule has 0 saturated carbocycles.